The maximum absolute atomic E-state index is 13.7. The minimum absolute atomic E-state index is 0.0283. The van der Waals surface area contributed by atoms with Gasteiger partial charge in [-0.2, -0.15) is 0 Å². The van der Waals surface area contributed by atoms with Crippen molar-refractivity contribution in [2.24, 2.45) is 0 Å². The molecule has 5 nitrogen and oxygen atoms in total. The van der Waals surface area contributed by atoms with Crippen LogP contribution in [-0.2, 0) is 22.6 Å². The fourth-order valence-electron chi connectivity index (χ4n) is 3.86. The third-order valence-corrected chi connectivity index (χ3v) is 7.19. The molecule has 3 aromatic carbocycles. The van der Waals surface area contributed by atoms with Crippen LogP contribution in [0.15, 0.2) is 66.7 Å². The first kappa shape index (κ1) is 28.5. The maximum Gasteiger partial charge on any atom is 0.261 e. The number of hydrogen-bond acceptors (Lipinski definition) is 3. The van der Waals surface area contributed by atoms with E-state index in [1.165, 1.54) is 0 Å². The SMILES string of the molecule is CC[C@H](C)NC(=O)[C@@H](Cc1ccccc1)N(Cc1ccc(Cl)c(Cl)c1)C(=O)COc1ccc(C)c(C)c1. The van der Waals surface area contributed by atoms with Crippen molar-refractivity contribution in [1.29, 1.82) is 0 Å². The summed E-state index contributed by atoms with van der Waals surface area (Å²) in [5.74, 6) is 0.0944. The lowest BCUT2D eigenvalue weighted by Gasteiger charge is -2.32. The van der Waals surface area contributed by atoms with Crippen LogP contribution in [0.1, 0.15) is 42.5 Å². The first-order chi connectivity index (χ1) is 17.7. The maximum atomic E-state index is 13.7. The van der Waals surface area contributed by atoms with Gasteiger partial charge in [0.2, 0.25) is 5.91 Å². The number of halogens is 2. The molecule has 0 aliphatic rings. The van der Waals surface area contributed by atoms with E-state index in [9.17, 15) is 9.59 Å². The third-order valence-electron chi connectivity index (χ3n) is 6.45. The van der Waals surface area contributed by atoms with E-state index in [-0.39, 0.29) is 31.0 Å². The number of benzene rings is 3. The van der Waals surface area contributed by atoms with Gasteiger partial charge in [-0.25, -0.2) is 0 Å². The third kappa shape index (κ3) is 8.24. The summed E-state index contributed by atoms with van der Waals surface area (Å²) >= 11 is 12.4. The van der Waals surface area contributed by atoms with Crippen molar-refractivity contribution >= 4 is 35.0 Å². The zero-order valence-electron chi connectivity index (χ0n) is 21.8. The first-order valence-electron chi connectivity index (χ1n) is 12.5. The molecular formula is C30H34Cl2N2O3. The van der Waals surface area contributed by atoms with Crippen LogP contribution in [0.2, 0.25) is 10.0 Å². The van der Waals surface area contributed by atoms with E-state index in [0.29, 0.717) is 22.2 Å². The average Bonchev–Trinajstić information content (AvgIpc) is 2.89. The Morgan fingerprint density at radius 3 is 2.30 bits per heavy atom. The highest BCUT2D eigenvalue weighted by atomic mass is 35.5. The number of ether oxygens (including phenoxy) is 1. The molecule has 0 fully saturated rings. The molecule has 1 N–H and O–H groups in total. The van der Waals surface area contributed by atoms with Crippen molar-refractivity contribution in [3.63, 3.8) is 0 Å². The summed E-state index contributed by atoms with van der Waals surface area (Å²) in [4.78, 5) is 28.8. The largest absolute Gasteiger partial charge is 0.484 e. The topological polar surface area (TPSA) is 58.6 Å². The number of aryl methyl sites for hydroxylation is 2. The van der Waals surface area contributed by atoms with Gasteiger partial charge in [0.25, 0.3) is 5.91 Å². The molecule has 0 saturated heterocycles. The molecule has 0 aliphatic carbocycles. The molecule has 2 amide bonds. The lowest BCUT2D eigenvalue weighted by atomic mass is 10.0. The van der Waals surface area contributed by atoms with E-state index in [0.717, 1.165) is 28.7 Å². The zero-order chi connectivity index (χ0) is 26.9. The number of hydrogen-bond donors (Lipinski definition) is 1. The summed E-state index contributed by atoms with van der Waals surface area (Å²) in [6.45, 7) is 7.95. The van der Waals surface area contributed by atoms with Gasteiger partial charge in [0.15, 0.2) is 6.61 Å². The van der Waals surface area contributed by atoms with E-state index in [1.807, 2.05) is 82.3 Å². The summed E-state index contributed by atoms with van der Waals surface area (Å²) < 4.78 is 5.88. The van der Waals surface area contributed by atoms with Crippen molar-refractivity contribution in [2.45, 2.75) is 59.2 Å². The molecule has 196 valence electrons. The quantitative estimate of drug-likeness (QED) is 0.300. The molecule has 0 bridgehead atoms. The Hall–Kier alpha value is -3.02. The van der Waals surface area contributed by atoms with E-state index in [2.05, 4.69) is 5.32 Å². The van der Waals surface area contributed by atoms with Crippen LogP contribution >= 0.6 is 23.2 Å². The van der Waals surface area contributed by atoms with Crippen molar-refractivity contribution in [2.75, 3.05) is 6.61 Å². The molecule has 0 aliphatic heterocycles. The fourth-order valence-corrected chi connectivity index (χ4v) is 4.18. The van der Waals surface area contributed by atoms with Crippen molar-refractivity contribution in [3.05, 3.63) is 99.0 Å². The molecule has 0 radical (unpaired) electrons. The lowest BCUT2D eigenvalue weighted by molar-refractivity contribution is -0.143. The Morgan fingerprint density at radius 2 is 1.65 bits per heavy atom. The Bertz CT molecular complexity index is 1220. The molecular weight excluding hydrogens is 507 g/mol. The standard InChI is InChI=1S/C30H34Cl2N2O3/c1-5-22(4)33-30(36)28(17-23-9-7-6-8-10-23)34(18-24-12-14-26(31)27(32)16-24)29(35)19-37-25-13-11-20(2)21(3)15-25/h6-16,22,28H,5,17-19H2,1-4H3,(H,33,36)/t22-,28+/m0/s1. The predicted octanol–water partition coefficient (Wildman–Crippen LogP) is 6.54. The molecule has 3 aromatic rings. The Balaban J connectivity index is 1.93. The van der Waals surface area contributed by atoms with Crippen LogP contribution in [0.5, 0.6) is 5.75 Å². The highest BCUT2D eigenvalue weighted by Gasteiger charge is 2.31. The molecule has 0 spiro atoms. The van der Waals surface area contributed by atoms with Gasteiger partial charge in [-0.1, -0.05) is 72.6 Å². The van der Waals surface area contributed by atoms with Gasteiger partial charge in [0.05, 0.1) is 10.0 Å². The number of rotatable bonds is 11. The van der Waals surface area contributed by atoms with E-state index >= 15 is 0 Å². The molecule has 7 heteroatoms. The second-order valence-corrected chi connectivity index (χ2v) is 10.1. The van der Waals surface area contributed by atoms with Gasteiger partial charge < -0.3 is 15.0 Å². The highest BCUT2D eigenvalue weighted by molar-refractivity contribution is 6.42. The van der Waals surface area contributed by atoms with Crippen LogP contribution in [0, 0.1) is 13.8 Å². The summed E-state index contributed by atoms with van der Waals surface area (Å²) in [5.41, 5.74) is 3.94. The minimum Gasteiger partial charge on any atom is -0.484 e. The number of nitrogens with zero attached hydrogens (tertiary/aromatic N) is 1. The van der Waals surface area contributed by atoms with E-state index < -0.39 is 6.04 Å². The Labute approximate surface area is 229 Å². The Morgan fingerprint density at radius 1 is 0.919 bits per heavy atom. The molecule has 3 rings (SSSR count). The second kappa shape index (κ2) is 13.5. The number of nitrogens with one attached hydrogen (secondary N) is 1. The summed E-state index contributed by atoms with van der Waals surface area (Å²) in [7, 11) is 0. The molecule has 0 heterocycles. The van der Waals surface area contributed by atoms with Crippen molar-refractivity contribution in [1.82, 2.24) is 10.2 Å². The molecule has 0 unspecified atom stereocenters. The van der Waals surface area contributed by atoms with Gasteiger partial charge in [0, 0.05) is 19.0 Å². The molecule has 0 saturated carbocycles. The normalized spacial score (nSPS) is 12.5. The fraction of sp³-hybridized carbons (Fsp3) is 0.333. The molecule has 0 aromatic heterocycles. The first-order valence-corrected chi connectivity index (χ1v) is 13.2. The Kier molecular flexibility index (Phi) is 10.4. The van der Waals surface area contributed by atoms with Crippen molar-refractivity contribution < 1.29 is 14.3 Å². The minimum atomic E-state index is -0.748. The molecule has 2 atom stereocenters. The summed E-state index contributed by atoms with van der Waals surface area (Å²) in [6.07, 6.45) is 1.14. The van der Waals surface area contributed by atoms with Crippen LogP contribution in [0.4, 0.5) is 0 Å². The van der Waals surface area contributed by atoms with E-state index in [4.69, 9.17) is 27.9 Å². The predicted molar refractivity (Wildman–Crippen MR) is 150 cm³/mol. The molecule has 37 heavy (non-hydrogen) atoms. The average molecular weight is 542 g/mol. The van der Waals surface area contributed by atoms with Crippen LogP contribution in [0.25, 0.3) is 0 Å². The highest BCUT2D eigenvalue weighted by Crippen LogP contribution is 2.25. The smallest absolute Gasteiger partial charge is 0.261 e. The van der Waals surface area contributed by atoms with E-state index in [1.54, 1.807) is 17.0 Å². The van der Waals surface area contributed by atoms with Crippen molar-refractivity contribution in [3.8, 4) is 5.75 Å². The monoisotopic (exact) mass is 540 g/mol. The number of carbonyl (C=O) groups is 2. The van der Waals surface area contributed by atoms with Crippen LogP contribution in [-0.4, -0.2) is 35.4 Å². The second-order valence-electron chi connectivity index (χ2n) is 9.33. The number of amides is 2. The van der Waals surface area contributed by atoms with Gasteiger partial charge in [0.1, 0.15) is 11.8 Å². The summed E-state index contributed by atoms with van der Waals surface area (Å²) in [5, 5.41) is 3.88. The van der Waals surface area contributed by atoms with Gasteiger partial charge >= 0.3 is 0 Å². The zero-order valence-corrected chi connectivity index (χ0v) is 23.3. The van der Waals surface area contributed by atoms with Crippen LogP contribution in [0.3, 0.4) is 0 Å². The van der Waals surface area contributed by atoms with Gasteiger partial charge in [-0.05, 0) is 73.7 Å². The van der Waals surface area contributed by atoms with Gasteiger partial charge in [-0.15, -0.1) is 0 Å². The lowest BCUT2D eigenvalue weighted by Crippen LogP contribution is -2.53. The number of carbonyl (C=O) groups excluding carboxylic acids is 2. The van der Waals surface area contributed by atoms with Crippen LogP contribution < -0.4 is 10.1 Å². The summed E-state index contributed by atoms with van der Waals surface area (Å²) in [6, 6.07) is 19.8. The van der Waals surface area contributed by atoms with Gasteiger partial charge in [-0.3, -0.25) is 9.59 Å².